The van der Waals surface area contributed by atoms with Crippen molar-refractivity contribution in [2.75, 3.05) is 52.9 Å². The first kappa shape index (κ1) is 18.7. The molecule has 8 N–H and O–H groups in total. The monoisotopic (exact) mass is 284 g/mol. The average Bonchev–Trinajstić information content (AvgIpc) is 2.49. The highest BCUT2D eigenvalue weighted by molar-refractivity contribution is 5.08. The second-order valence-corrected chi connectivity index (χ2v) is 4.91. The van der Waals surface area contributed by atoms with Gasteiger partial charge in [-0.15, -0.1) is 0 Å². The third-order valence-electron chi connectivity index (χ3n) is 4.39. The molecule has 0 atom stereocenters. The maximum Gasteiger partial charge on any atom is 0.0538 e. The molecular formula is C11H24O8. The summed E-state index contributed by atoms with van der Waals surface area (Å²) < 4.78 is 0. The molecule has 0 aliphatic heterocycles. The lowest BCUT2D eigenvalue weighted by Gasteiger charge is -2.55. The second kappa shape index (κ2) is 7.46. The van der Waals surface area contributed by atoms with Gasteiger partial charge in [0.25, 0.3) is 0 Å². The van der Waals surface area contributed by atoms with Gasteiger partial charge >= 0.3 is 0 Å². The van der Waals surface area contributed by atoms with Gasteiger partial charge in [0.05, 0.1) is 63.7 Å². The summed E-state index contributed by atoms with van der Waals surface area (Å²) in [5, 5.41) is 75.8. The lowest BCUT2D eigenvalue weighted by Crippen LogP contribution is -2.66. The summed E-state index contributed by atoms with van der Waals surface area (Å²) in [6.07, 6.45) is 0. The van der Waals surface area contributed by atoms with Crippen LogP contribution < -0.4 is 0 Å². The van der Waals surface area contributed by atoms with Crippen LogP contribution in [0.1, 0.15) is 0 Å². The lowest BCUT2D eigenvalue weighted by atomic mass is 9.52. The Morgan fingerprint density at radius 2 is 0.579 bits per heavy atom. The summed E-state index contributed by atoms with van der Waals surface area (Å²) in [6.45, 7) is -6.64. The predicted molar refractivity (Wildman–Crippen MR) is 64.0 cm³/mol. The number of hydrogen-bond donors (Lipinski definition) is 8. The second-order valence-electron chi connectivity index (χ2n) is 4.91. The number of rotatable bonds is 10. The quantitative estimate of drug-likeness (QED) is 0.201. The van der Waals surface area contributed by atoms with Crippen LogP contribution in [0.15, 0.2) is 0 Å². The van der Waals surface area contributed by atoms with E-state index >= 15 is 0 Å². The van der Waals surface area contributed by atoms with Crippen molar-refractivity contribution in [2.24, 2.45) is 16.2 Å². The van der Waals surface area contributed by atoms with Crippen molar-refractivity contribution in [2.45, 2.75) is 0 Å². The van der Waals surface area contributed by atoms with Crippen LogP contribution in [0.4, 0.5) is 0 Å². The number of aliphatic hydroxyl groups excluding tert-OH is 8. The molecule has 0 heterocycles. The van der Waals surface area contributed by atoms with Crippen LogP contribution in [0.25, 0.3) is 0 Å². The molecule has 0 unspecified atom stereocenters. The first-order chi connectivity index (χ1) is 8.99. The van der Waals surface area contributed by atoms with Crippen LogP contribution in [0, 0.1) is 16.2 Å². The molecule has 0 aromatic carbocycles. The van der Waals surface area contributed by atoms with Crippen LogP contribution >= 0.6 is 0 Å². The zero-order valence-corrected chi connectivity index (χ0v) is 10.7. The highest BCUT2D eigenvalue weighted by atomic mass is 16.3. The molecule has 0 saturated carbocycles. The van der Waals surface area contributed by atoms with E-state index in [9.17, 15) is 40.9 Å². The van der Waals surface area contributed by atoms with Crippen LogP contribution in [0.3, 0.4) is 0 Å². The van der Waals surface area contributed by atoms with Gasteiger partial charge in [-0.2, -0.15) is 0 Å². The molecular weight excluding hydrogens is 260 g/mol. The van der Waals surface area contributed by atoms with E-state index in [1.54, 1.807) is 0 Å². The van der Waals surface area contributed by atoms with Gasteiger partial charge in [0, 0.05) is 5.41 Å². The molecule has 0 aromatic heterocycles. The molecule has 19 heavy (non-hydrogen) atoms. The van der Waals surface area contributed by atoms with Crippen molar-refractivity contribution in [3.8, 4) is 0 Å². The Kier molecular flexibility index (Phi) is 7.33. The highest BCUT2D eigenvalue weighted by Crippen LogP contribution is 2.51. The van der Waals surface area contributed by atoms with Gasteiger partial charge in [-0.3, -0.25) is 0 Å². The Morgan fingerprint density at radius 1 is 0.368 bits per heavy atom. The Labute approximate surface area is 111 Å². The maximum absolute atomic E-state index is 9.61. The molecule has 0 radical (unpaired) electrons. The summed E-state index contributed by atoms with van der Waals surface area (Å²) in [5.74, 6) is 0. The van der Waals surface area contributed by atoms with E-state index in [4.69, 9.17) is 0 Å². The summed E-state index contributed by atoms with van der Waals surface area (Å²) in [6, 6.07) is 0. The normalized spacial score (nSPS) is 13.9. The fraction of sp³-hybridized carbons (Fsp3) is 1.00. The summed E-state index contributed by atoms with van der Waals surface area (Å²) in [5.41, 5.74) is -5.45. The minimum absolute atomic E-state index is 0.817. The van der Waals surface area contributed by atoms with E-state index in [0.717, 1.165) is 0 Å². The Hall–Kier alpha value is -0.320. The van der Waals surface area contributed by atoms with Gasteiger partial charge in [0.2, 0.25) is 0 Å². The molecule has 0 rings (SSSR count). The van der Waals surface area contributed by atoms with Crippen molar-refractivity contribution in [3.05, 3.63) is 0 Å². The summed E-state index contributed by atoms with van der Waals surface area (Å²) in [7, 11) is 0. The topological polar surface area (TPSA) is 162 Å². The van der Waals surface area contributed by atoms with Gasteiger partial charge in [0.15, 0.2) is 0 Å². The van der Waals surface area contributed by atoms with Gasteiger partial charge < -0.3 is 40.9 Å². The number of hydrogen-bond acceptors (Lipinski definition) is 8. The standard InChI is InChI=1S/C11H24O8/c12-1-9(2-13,3-14)11(7-18,8-19)10(4-15,5-16)6-17/h12-19H,1-8H2. The van der Waals surface area contributed by atoms with Gasteiger partial charge in [-0.25, -0.2) is 0 Å². The fourth-order valence-corrected chi connectivity index (χ4v) is 2.49. The zero-order valence-electron chi connectivity index (χ0n) is 10.7. The molecule has 0 amide bonds. The Balaban J connectivity index is 6.08. The SMILES string of the molecule is OCC(CO)(CO)C(CO)(CO)C(CO)(CO)CO. The van der Waals surface area contributed by atoms with E-state index in [2.05, 4.69) is 0 Å². The van der Waals surface area contributed by atoms with Crippen molar-refractivity contribution < 1.29 is 40.9 Å². The van der Waals surface area contributed by atoms with Crippen molar-refractivity contribution in [1.82, 2.24) is 0 Å². The van der Waals surface area contributed by atoms with Crippen LogP contribution in [-0.2, 0) is 0 Å². The largest absolute Gasteiger partial charge is 0.396 e. The van der Waals surface area contributed by atoms with Gasteiger partial charge in [0.1, 0.15) is 0 Å². The van der Waals surface area contributed by atoms with Gasteiger partial charge in [-0.1, -0.05) is 0 Å². The molecule has 0 aromatic rings. The molecule has 116 valence electrons. The van der Waals surface area contributed by atoms with Crippen LogP contribution in [-0.4, -0.2) is 93.7 Å². The summed E-state index contributed by atoms with van der Waals surface area (Å²) in [4.78, 5) is 0. The molecule has 0 aliphatic rings. The third kappa shape index (κ3) is 2.50. The minimum atomic E-state index is -1.88. The van der Waals surface area contributed by atoms with E-state index < -0.39 is 69.1 Å². The van der Waals surface area contributed by atoms with Crippen LogP contribution in [0.5, 0.6) is 0 Å². The first-order valence-electron chi connectivity index (χ1n) is 5.86. The third-order valence-corrected chi connectivity index (χ3v) is 4.39. The zero-order chi connectivity index (χ0) is 15.2. The van der Waals surface area contributed by atoms with Crippen molar-refractivity contribution in [3.63, 3.8) is 0 Å². The molecule has 0 aliphatic carbocycles. The summed E-state index contributed by atoms with van der Waals surface area (Å²) >= 11 is 0. The average molecular weight is 284 g/mol. The molecule has 0 fully saturated rings. The van der Waals surface area contributed by atoms with E-state index in [-0.39, 0.29) is 0 Å². The lowest BCUT2D eigenvalue weighted by molar-refractivity contribution is -0.229. The van der Waals surface area contributed by atoms with Crippen LogP contribution in [0.2, 0.25) is 0 Å². The maximum atomic E-state index is 9.61. The Morgan fingerprint density at radius 3 is 0.684 bits per heavy atom. The molecule has 0 spiro atoms. The molecule has 8 nitrogen and oxygen atoms in total. The smallest absolute Gasteiger partial charge is 0.0538 e. The Bertz CT molecular complexity index is 207. The number of aliphatic hydroxyl groups is 8. The fourth-order valence-electron chi connectivity index (χ4n) is 2.49. The van der Waals surface area contributed by atoms with Crippen molar-refractivity contribution in [1.29, 1.82) is 0 Å². The van der Waals surface area contributed by atoms with Gasteiger partial charge in [-0.05, 0) is 0 Å². The molecule has 0 bridgehead atoms. The van der Waals surface area contributed by atoms with Crippen molar-refractivity contribution >= 4 is 0 Å². The highest BCUT2D eigenvalue weighted by Gasteiger charge is 2.61. The van der Waals surface area contributed by atoms with E-state index in [1.165, 1.54) is 0 Å². The minimum Gasteiger partial charge on any atom is -0.396 e. The molecule has 8 heteroatoms. The molecule has 0 saturated heterocycles. The predicted octanol–water partition coefficient (Wildman–Crippen LogP) is -4.12. The first-order valence-corrected chi connectivity index (χ1v) is 5.86. The van der Waals surface area contributed by atoms with E-state index in [1.807, 2.05) is 0 Å². The van der Waals surface area contributed by atoms with E-state index in [0.29, 0.717) is 0 Å².